The van der Waals surface area contributed by atoms with Crippen molar-refractivity contribution in [2.45, 2.75) is 33.3 Å². The highest BCUT2D eigenvalue weighted by atomic mass is 35.5. The number of benzene rings is 4. The van der Waals surface area contributed by atoms with E-state index in [0.717, 1.165) is 22.4 Å². The van der Waals surface area contributed by atoms with E-state index in [-0.39, 0.29) is 34.5 Å². The minimum absolute atomic E-state index is 0.0201. The topological polar surface area (TPSA) is 109 Å². The second kappa shape index (κ2) is 12.9. The van der Waals surface area contributed by atoms with Gasteiger partial charge in [-0.25, -0.2) is 4.98 Å². The van der Waals surface area contributed by atoms with Crippen LogP contribution in [-0.2, 0) is 6.61 Å². The van der Waals surface area contributed by atoms with Crippen LogP contribution in [-0.4, -0.2) is 27.9 Å². The molecule has 0 saturated heterocycles. The second-order valence-electron chi connectivity index (χ2n) is 10.4. The summed E-state index contributed by atoms with van der Waals surface area (Å²) < 4.78 is 12.8. The van der Waals surface area contributed by atoms with Gasteiger partial charge in [-0.3, -0.25) is 14.9 Å². The Labute approximate surface area is 263 Å². The molecule has 0 aliphatic carbocycles. The molecule has 4 aromatic carbocycles. The molecule has 5 aromatic rings. The maximum Gasteiger partial charge on any atom is 0.313 e. The van der Waals surface area contributed by atoms with Crippen LogP contribution < -0.4 is 15.0 Å². The molecule has 0 atom stereocenters. The third-order valence-corrected chi connectivity index (χ3v) is 7.53. The minimum atomic E-state index is -0.580. The summed E-state index contributed by atoms with van der Waals surface area (Å²) in [5.41, 5.74) is 3.15. The third-order valence-electron chi connectivity index (χ3n) is 7.06. The summed E-state index contributed by atoms with van der Waals surface area (Å²) in [7, 11) is 1.62. The molecule has 0 N–H and O–H groups in total. The lowest BCUT2D eigenvalue weighted by Crippen LogP contribution is -2.21. The Morgan fingerprint density at radius 1 is 1.05 bits per heavy atom. The summed E-state index contributed by atoms with van der Waals surface area (Å²) in [5.74, 6) is 1.10. The zero-order valence-electron chi connectivity index (χ0n) is 24.4. The summed E-state index contributed by atoms with van der Waals surface area (Å²) in [6, 6.07) is 20.5. The number of rotatable bonds is 9. The van der Waals surface area contributed by atoms with Crippen molar-refractivity contribution in [1.29, 1.82) is 0 Å². The molecule has 0 radical (unpaired) electrons. The number of hydrogen-bond acceptors (Lipinski definition) is 7. The standard InChI is InChI=1S/C33H28Cl2N4O5/c1-19(2)26-16-27(20(3)13-30(26)43-4)32-37-28-8-6-5-7-25(28)33(40)38(32)36-17-22-14-24(35)15-29(39(41)42)31(22)44-18-21-9-11-23(34)12-10-21/h5-17,19H,18H2,1-4H3. The van der Waals surface area contributed by atoms with E-state index in [1.54, 1.807) is 49.6 Å². The van der Waals surface area contributed by atoms with Crippen molar-refractivity contribution in [1.82, 2.24) is 9.66 Å². The van der Waals surface area contributed by atoms with E-state index in [4.69, 9.17) is 37.7 Å². The van der Waals surface area contributed by atoms with Crippen LogP contribution in [0.4, 0.5) is 5.69 Å². The number of fused-ring (bicyclic) bond motifs is 1. The number of nitro groups is 1. The molecule has 44 heavy (non-hydrogen) atoms. The SMILES string of the molecule is COc1cc(C)c(-c2nc3ccccc3c(=O)n2N=Cc2cc(Cl)cc([N+](=O)[O-])c2OCc2ccc(Cl)cc2)cc1C(C)C. The van der Waals surface area contributed by atoms with Gasteiger partial charge < -0.3 is 9.47 Å². The molecule has 0 aliphatic heterocycles. The van der Waals surface area contributed by atoms with Gasteiger partial charge in [0.1, 0.15) is 12.4 Å². The quantitative estimate of drug-likeness (QED) is 0.0922. The predicted molar refractivity (Wildman–Crippen MR) is 174 cm³/mol. The molecule has 0 saturated carbocycles. The molecule has 1 heterocycles. The monoisotopic (exact) mass is 630 g/mol. The highest BCUT2D eigenvalue weighted by Crippen LogP contribution is 2.36. The summed E-state index contributed by atoms with van der Waals surface area (Å²) in [6.45, 7) is 6.02. The number of hydrogen-bond donors (Lipinski definition) is 0. The first-order valence-corrected chi connectivity index (χ1v) is 14.4. The van der Waals surface area contributed by atoms with E-state index in [0.29, 0.717) is 27.3 Å². The first-order chi connectivity index (χ1) is 21.1. The maximum atomic E-state index is 13.9. The molecule has 0 spiro atoms. The Hall–Kier alpha value is -4.73. The zero-order chi connectivity index (χ0) is 31.5. The highest BCUT2D eigenvalue weighted by molar-refractivity contribution is 6.31. The van der Waals surface area contributed by atoms with Gasteiger partial charge in [0.25, 0.3) is 5.56 Å². The Balaban J connectivity index is 1.69. The van der Waals surface area contributed by atoms with E-state index < -0.39 is 10.5 Å². The largest absolute Gasteiger partial charge is 0.496 e. The molecule has 11 heteroatoms. The molecule has 0 bridgehead atoms. The van der Waals surface area contributed by atoms with Gasteiger partial charge in [-0.05, 0) is 72.0 Å². The average Bonchev–Trinajstić information content (AvgIpc) is 3.00. The van der Waals surface area contributed by atoms with Crippen molar-refractivity contribution in [3.05, 3.63) is 126 Å². The fourth-order valence-electron chi connectivity index (χ4n) is 4.82. The molecule has 0 fully saturated rings. The van der Waals surface area contributed by atoms with Crippen LogP contribution in [0, 0.1) is 17.0 Å². The van der Waals surface area contributed by atoms with Crippen molar-refractivity contribution < 1.29 is 14.4 Å². The van der Waals surface area contributed by atoms with Gasteiger partial charge in [0.05, 0.1) is 29.2 Å². The lowest BCUT2D eigenvalue weighted by molar-refractivity contribution is -0.385. The van der Waals surface area contributed by atoms with Crippen LogP contribution in [0.3, 0.4) is 0 Å². The van der Waals surface area contributed by atoms with Crippen LogP contribution in [0.1, 0.15) is 42.0 Å². The Bertz CT molecular complexity index is 1970. The van der Waals surface area contributed by atoms with Gasteiger partial charge in [0.15, 0.2) is 5.82 Å². The Morgan fingerprint density at radius 3 is 2.45 bits per heavy atom. The van der Waals surface area contributed by atoms with Crippen LogP contribution in [0.5, 0.6) is 11.5 Å². The molecule has 0 aliphatic rings. The number of halogens is 2. The van der Waals surface area contributed by atoms with E-state index >= 15 is 0 Å². The molecule has 0 unspecified atom stereocenters. The van der Waals surface area contributed by atoms with Crippen LogP contribution in [0.2, 0.25) is 10.0 Å². The molecule has 0 amide bonds. The Morgan fingerprint density at radius 2 is 1.77 bits per heavy atom. The van der Waals surface area contributed by atoms with Gasteiger partial charge in [-0.1, -0.05) is 61.3 Å². The van der Waals surface area contributed by atoms with Gasteiger partial charge in [-0.2, -0.15) is 9.78 Å². The number of aromatic nitrogens is 2. The zero-order valence-corrected chi connectivity index (χ0v) is 25.9. The summed E-state index contributed by atoms with van der Waals surface area (Å²) in [6.07, 6.45) is 1.32. The lowest BCUT2D eigenvalue weighted by atomic mass is 9.96. The fourth-order valence-corrected chi connectivity index (χ4v) is 5.16. The van der Waals surface area contributed by atoms with E-state index in [9.17, 15) is 14.9 Å². The summed E-state index contributed by atoms with van der Waals surface area (Å²) in [4.78, 5) is 30.1. The normalized spacial score (nSPS) is 11.4. The number of methoxy groups -OCH3 is 1. The first-order valence-electron chi connectivity index (χ1n) is 13.7. The lowest BCUT2D eigenvalue weighted by Gasteiger charge is -2.17. The maximum absolute atomic E-state index is 13.9. The number of aryl methyl sites for hydroxylation is 1. The average molecular weight is 632 g/mol. The molecule has 1 aromatic heterocycles. The molecule has 5 rings (SSSR count). The van der Waals surface area contributed by atoms with Crippen LogP contribution in [0.25, 0.3) is 22.3 Å². The smallest absolute Gasteiger partial charge is 0.313 e. The number of para-hydroxylation sites is 1. The van der Waals surface area contributed by atoms with E-state index in [1.165, 1.54) is 23.0 Å². The van der Waals surface area contributed by atoms with Crippen molar-refractivity contribution in [2.24, 2.45) is 5.10 Å². The highest BCUT2D eigenvalue weighted by Gasteiger charge is 2.22. The predicted octanol–water partition coefficient (Wildman–Crippen LogP) is 8.18. The van der Waals surface area contributed by atoms with Crippen molar-refractivity contribution >= 4 is 46.0 Å². The molecule has 9 nitrogen and oxygen atoms in total. The molecular formula is C33H28Cl2N4O5. The van der Waals surface area contributed by atoms with Crippen molar-refractivity contribution in [3.63, 3.8) is 0 Å². The van der Waals surface area contributed by atoms with Gasteiger partial charge in [0.2, 0.25) is 5.75 Å². The Kier molecular flexibility index (Phi) is 8.98. The fraction of sp³-hybridized carbons (Fsp3) is 0.182. The summed E-state index contributed by atoms with van der Waals surface area (Å²) in [5, 5.41) is 17.6. The number of nitrogens with zero attached hydrogens (tertiary/aromatic N) is 4. The van der Waals surface area contributed by atoms with Gasteiger partial charge >= 0.3 is 5.69 Å². The molecule has 224 valence electrons. The minimum Gasteiger partial charge on any atom is -0.496 e. The van der Waals surface area contributed by atoms with Gasteiger partial charge in [-0.15, -0.1) is 0 Å². The van der Waals surface area contributed by atoms with E-state index in [2.05, 4.69) is 5.10 Å². The summed E-state index contributed by atoms with van der Waals surface area (Å²) >= 11 is 12.3. The third kappa shape index (κ3) is 6.29. The number of nitro benzene ring substituents is 1. The van der Waals surface area contributed by atoms with E-state index in [1.807, 2.05) is 39.0 Å². The van der Waals surface area contributed by atoms with Crippen LogP contribution >= 0.6 is 23.2 Å². The first kappa shape index (κ1) is 30.7. The van der Waals surface area contributed by atoms with Gasteiger partial charge in [0, 0.05) is 27.2 Å². The van der Waals surface area contributed by atoms with Crippen molar-refractivity contribution in [3.8, 4) is 22.9 Å². The van der Waals surface area contributed by atoms with Crippen molar-refractivity contribution in [2.75, 3.05) is 7.11 Å². The number of ether oxygens (including phenoxy) is 2. The second-order valence-corrected chi connectivity index (χ2v) is 11.3. The molecular weight excluding hydrogens is 603 g/mol. The van der Waals surface area contributed by atoms with Crippen LogP contribution in [0.15, 0.2) is 82.7 Å².